The van der Waals surface area contributed by atoms with Crippen LogP contribution in [0.5, 0.6) is 0 Å². The number of hydrogen-bond donors (Lipinski definition) is 0. The van der Waals surface area contributed by atoms with Gasteiger partial charge in [-0.1, -0.05) is 30.3 Å². The lowest BCUT2D eigenvalue weighted by Gasteiger charge is -2.31. The Balaban J connectivity index is 1.35. The summed E-state index contributed by atoms with van der Waals surface area (Å²) < 4.78 is 3.92. The monoisotopic (exact) mass is 364 g/mol. The van der Waals surface area contributed by atoms with Crippen molar-refractivity contribution in [1.29, 1.82) is 0 Å². The summed E-state index contributed by atoms with van der Waals surface area (Å²) in [4.78, 5) is 14.5. The van der Waals surface area contributed by atoms with Gasteiger partial charge < -0.3 is 9.47 Å². The van der Waals surface area contributed by atoms with Crippen LogP contribution in [0, 0.1) is 0 Å². The SMILES string of the molecule is Cn1c(Cn2cccn2)nnc1C1CCN(C(=O)Cc2ccccc2)CC1. The van der Waals surface area contributed by atoms with Crippen LogP contribution in [0.15, 0.2) is 48.8 Å². The average molecular weight is 364 g/mol. The van der Waals surface area contributed by atoms with Crippen molar-refractivity contribution >= 4 is 5.91 Å². The zero-order chi connectivity index (χ0) is 18.6. The minimum atomic E-state index is 0.206. The summed E-state index contributed by atoms with van der Waals surface area (Å²) in [6.45, 7) is 2.17. The Morgan fingerprint density at radius 1 is 1.11 bits per heavy atom. The van der Waals surface area contributed by atoms with Gasteiger partial charge in [0.25, 0.3) is 0 Å². The van der Waals surface area contributed by atoms with E-state index < -0.39 is 0 Å². The van der Waals surface area contributed by atoms with Crippen molar-refractivity contribution in [2.45, 2.75) is 31.7 Å². The molecule has 7 heteroatoms. The first kappa shape index (κ1) is 17.5. The van der Waals surface area contributed by atoms with Crippen molar-refractivity contribution in [2.75, 3.05) is 13.1 Å². The molecule has 4 rings (SSSR count). The molecule has 1 aliphatic rings. The Kier molecular flexibility index (Phi) is 5.00. The zero-order valence-corrected chi connectivity index (χ0v) is 15.5. The summed E-state index contributed by atoms with van der Waals surface area (Å²) in [6.07, 6.45) is 6.01. The normalized spacial score (nSPS) is 15.2. The summed E-state index contributed by atoms with van der Waals surface area (Å²) in [5.74, 6) is 2.45. The van der Waals surface area contributed by atoms with E-state index in [0.717, 1.165) is 43.1 Å². The van der Waals surface area contributed by atoms with E-state index in [0.29, 0.717) is 18.9 Å². The number of amides is 1. The largest absolute Gasteiger partial charge is 0.342 e. The second-order valence-electron chi connectivity index (χ2n) is 7.05. The molecule has 1 aliphatic heterocycles. The van der Waals surface area contributed by atoms with Crippen LogP contribution in [0.4, 0.5) is 0 Å². The van der Waals surface area contributed by atoms with E-state index in [1.54, 1.807) is 6.20 Å². The average Bonchev–Trinajstić information content (AvgIpc) is 3.34. The number of piperidine rings is 1. The van der Waals surface area contributed by atoms with E-state index in [1.807, 2.05) is 59.2 Å². The van der Waals surface area contributed by atoms with Crippen molar-refractivity contribution in [2.24, 2.45) is 7.05 Å². The zero-order valence-electron chi connectivity index (χ0n) is 15.5. The van der Waals surface area contributed by atoms with Gasteiger partial charge in [-0.05, 0) is 24.5 Å². The third-order valence-corrected chi connectivity index (χ3v) is 5.27. The van der Waals surface area contributed by atoms with Crippen molar-refractivity contribution < 1.29 is 4.79 Å². The molecule has 3 aromatic rings. The first-order chi connectivity index (χ1) is 13.2. The summed E-state index contributed by atoms with van der Waals surface area (Å²) in [5.41, 5.74) is 1.07. The molecule has 0 unspecified atom stereocenters. The third-order valence-electron chi connectivity index (χ3n) is 5.27. The highest BCUT2D eigenvalue weighted by molar-refractivity contribution is 5.78. The van der Waals surface area contributed by atoms with Crippen molar-refractivity contribution in [3.05, 3.63) is 66.0 Å². The van der Waals surface area contributed by atoms with E-state index in [1.165, 1.54) is 0 Å². The molecule has 0 aliphatic carbocycles. The molecule has 7 nitrogen and oxygen atoms in total. The molecule has 27 heavy (non-hydrogen) atoms. The highest BCUT2D eigenvalue weighted by atomic mass is 16.2. The molecule has 1 aromatic carbocycles. The molecule has 1 saturated heterocycles. The lowest BCUT2D eigenvalue weighted by molar-refractivity contribution is -0.131. The molecule has 1 fully saturated rings. The quantitative estimate of drug-likeness (QED) is 0.694. The minimum absolute atomic E-state index is 0.206. The molecule has 0 N–H and O–H groups in total. The molecule has 0 atom stereocenters. The molecule has 0 spiro atoms. The lowest BCUT2D eigenvalue weighted by atomic mass is 9.95. The summed E-state index contributed by atoms with van der Waals surface area (Å²) >= 11 is 0. The predicted octanol–water partition coefficient (Wildman–Crippen LogP) is 2.01. The van der Waals surface area contributed by atoms with E-state index in [9.17, 15) is 4.79 Å². The van der Waals surface area contributed by atoms with E-state index in [-0.39, 0.29) is 5.91 Å². The van der Waals surface area contributed by atoms with Gasteiger partial charge in [0, 0.05) is 38.4 Å². The molecule has 3 heterocycles. The number of carbonyl (C=O) groups is 1. The number of hydrogen-bond acceptors (Lipinski definition) is 4. The Hall–Kier alpha value is -2.96. The van der Waals surface area contributed by atoms with Gasteiger partial charge in [0.05, 0.1) is 6.42 Å². The van der Waals surface area contributed by atoms with Crippen LogP contribution in [-0.2, 0) is 24.8 Å². The molecular weight excluding hydrogens is 340 g/mol. The van der Waals surface area contributed by atoms with E-state index in [4.69, 9.17) is 0 Å². The van der Waals surface area contributed by atoms with Crippen LogP contribution in [0.1, 0.15) is 36.0 Å². The Morgan fingerprint density at radius 3 is 2.59 bits per heavy atom. The van der Waals surface area contributed by atoms with E-state index in [2.05, 4.69) is 19.9 Å². The summed E-state index contributed by atoms with van der Waals surface area (Å²) in [5, 5.41) is 13.0. The van der Waals surface area contributed by atoms with Crippen LogP contribution < -0.4 is 0 Å². The number of likely N-dealkylation sites (tertiary alicyclic amines) is 1. The maximum absolute atomic E-state index is 12.5. The van der Waals surface area contributed by atoms with Crippen LogP contribution in [0.25, 0.3) is 0 Å². The van der Waals surface area contributed by atoms with Gasteiger partial charge in [-0.15, -0.1) is 10.2 Å². The van der Waals surface area contributed by atoms with Gasteiger partial charge in [-0.3, -0.25) is 9.48 Å². The van der Waals surface area contributed by atoms with Gasteiger partial charge in [0.2, 0.25) is 5.91 Å². The first-order valence-electron chi connectivity index (χ1n) is 9.38. The summed E-state index contributed by atoms with van der Waals surface area (Å²) in [7, 11) is 2.01. The van der Waals surface area contributed by atoms with Gasteiger partial charge in [-0.25, -0.2) is 0 Å². The summed E-state index contributed by atoms with van der Waals surface area (Å²) in [6, 6.07) is 11.8. The highest BCUT2D eigenvalue weighted by Gasteiger charge is 2.27. The number of rotatable bonds is 5. The lowest BCUT2D eigenvalue weighted by Crippen LogP contribution is -2.39. The molecule has 140 valence electrons. The van der Waals surface area contributed by atoms with Crippen LogP contribution >= 0.6 is 0 Å². The predicted molar refractivity (Wildman–Crippen MR) is 101 cm³/mol. The second kappa shape index (κ2) is 7.73. The smallest absolute Gasteiger partial charge is 0.226 e. The van der Waals surface area contributed by atoms with Crippen molar-refractivity contribution in [3.63, 3.8) is 0 Å². The Morgan fingerprint density at radius 2 is 1.89 bits per heavy atom. The fourth-order valence-electron chi connectivity index (χ4n) is 3.68. The third kappa shape index (κ3) is 3.92. The Bertz CT molecular complexity index is 879. The topological polar surface area (TPSA) is 68.8 Å². The Labute approximate surface area is 158 Å². The van der Waals surface area contributed by atoms with Gasteiger partial charge >= 0.3 is 0 Å². The van der Waals surface area contributed by atoms with Crippen LogP contribution in [0.2, 0.25) is 0 Å². The number of aromatic nitrogens is 5. The van der Waals surface area contributed by atoms with Crippen molar-refractivity contribution in [1.82, 2.24) is 29.4 Å². The molecule has 0 bridgehead atoms. The molecule has 0 saturated carbocycles. The minimum Gasteiger partial charge on any atom is -0.342 e. The molecular formula is C20H24N6O. The van der Waals surface area contributed by atoms with Gasteiger partial charge in [0.15, 0.2) is 5.82 Å². The first-order valence-corrected chi connectivity index (χ1v) is 9.38. The maximum atomic E-state index is 12.5. The fraction of sp³-hybridized carbons (Fsp3) is 0.400. The molecule has 2 aromatic heterocycles. The molecule has 0 radical (unpaired) electrons. The number of carbonyl (C=O) groups excluding carboxylic acids is 1. The number of nitrogens with zero attached hydrogens (tertiary/aromatic N) is 6. The fourth-order valence-corrected chi connectivity index (χ4v) is 3.68. The van der Waals surface area contributed by atoms with Gasteiger partial charge in [0.1, 0.15) is 12.4 Å². The standard InChI is InChI=1S/C20H24N6O/c1-24-18(15-26-11-5-10-21-26)22-23-20(24)17-8-12-25(13-9-17)19(27)14-16-6-3-2-4-7-16/h2-7,10-11,17H,8-9,12-15H2,1H3. The van der Waals surface area contributed by atoms with Crippen molar-refractivity contribution in [3.8, 4) is 0 Å². The van der Waals surface area contributed by atoms with Crippen LogP contribution in [-0.4, -0.2) is 48.4 Å². The molecule has 1 amide bonds. The second-order valence-corrected chi connectivity index (χ2v) is 7.05. The highest BCUT2D eigenvalue weighted by Crippen LogP contribution is 2.27. The number of benzene rings is 1. The van der Waals surface area contributed by atoms with Crippen LogP contribution in [0.3, 0.4) is 0 Å². The van der Waals surface area contributed by atoms with E-state index >= 15 is 0 Å². The van der Waals surface area contributed by atoms with Gasteiger partial charge in [-0.2, -0.15) is 5.10 Å². The maximum Gasteiger partial charge on any atom is 0.226 e.